The van der Waals surface area contributed by atoms with Gasteiger partial charge < -0.3 is 10.6 Å². The summed E-state index contributed by atoms with van der Waals surface area (Å²) < 4.78 is 0. The van der Waals surface area contributed by atoms with Gasteiger partial charge in [-0.1, -0.05) is 49.5 Å². The Balaban J connectivity index is 2.00. The minimum absolute atomic E-state index is 0.163. The molecule has 0 aromatic heterocycles. The Morgan fingerprint density at radius 1 is 1.25 bits per heavy atom. The van der Waals surface area contributed by atoms with Gasteiger partial charge in [-0.05, 0) is 44.2 Å². The van der Waals surface area contributed by atoms with E-state index in [0.29, 0.717) is 11.0 Å². The molecule has 1 unspecified atom stereocenters. The van der Waals surface area contributed by atoms with Crippen molar-refractivity contribution >= 4 is 17.2 Å². The molecule has 110 valence electrons. The van der Waals surface area contributed by atoms with Crippen LogP contribution in [0.15, 0.2) is 30.3 Å². The van der Waals surface area contributed by atoms with E-state index in [1.54, 1.807) is 0 Å². The first-order chi connectivity index (χ1) is 9.58. The van der Waals surface area contributed by atoms with Crippen LogP contribution < -0.4 is 5.73 Å². The number of hydrogen-bond donors (Lipinski definition) is 1. The molecule has 0 amide bonds. The molecule has 0 bridgehead atoms. The molecule has 0 heterocycles. The van der Waals surface area contributed by atoms with E-state index in [1.807, 2.05) is 6.07 Å². The van der Waals surface area contributed by atoms with E-state index >= 15 is 0 Å². The molecule has 2 nitrogen and oxygen atoms in total. The van der Waals surface area contributed by atoms with Gasteiger partial charge in [-0.3, -0.25) is 0 Å². The minimum Gasteiger partial charge on any atom is -0.393 e. The van der Waals surface area contributed by atoms with Gasteiger partial charge in [0.15, 0.2) is 0 Å². The zero-order chi connectivity index (χ0) is 14.5. The van der Waals surface area contributed by atoms with Gasteiger partial charge in [0, 0.05) is 18.5 Å². The standard InChI is InChI=1S/C17H26N2S/c1-13-8-10-15(11-9-13)19(2)12-16(17(18)20)14-6-4-3-5-7-14/h3-7,13,15-16H,8-12H2,1-2H3,(H2,18,20). The molecule has 1 aliphatic carbocycles. The molecule has 20 heavy (non-hydrogen) atoms. The summed E-state index contributed by atoms with van der Waals surface area (Å²) in [6.45, 7) is 3.29. The van der Waals surface area contributed by atoms with Crippen LogP contribution in [-0.2, 0) is 0 Å². The SMILES string of the molecule is CC1CCC(N(C)CC(C(N)=S)c2ccccc2)CC1. The van der Waals surface area contributed by atoms with Gasteiger partial charge in [-0.15, -0.1) is 0 Å². The summed E-state index contributed by atoms with van der Waals surface area (Å²) in [5.74, 6) is 1.05. The predicted octanol–water partition coefficient (Wildman–Crippen LogP) is 3.57. The van der Waals surface area contributed by atoms with Crippen LogP contribution in [0.25, 0.3) is 0 Å². The number of nitrogens with zero attached hydrogens (tertiary/aromatic N) is 1. The molecule has 1 aromatic rings. The van der Waals surface area contributed by atoms with Crippen molar-refractivity contribution in [1.29, 1.82) is 0 Å². The molecule has 3 heteroatoms. The quantitative estimate of drug-likeness (QED) is 0.841. The third-order valence-corrected chi connectivity index (χ3v) is 4.91. The normalized spacial score (nSPS) is 24.6. The van der Waals surface area contributed by atoms with Gasteiger partial charge in [0.2, 0.25) is 0 Å². The number of benzene rings is 1. The zero-order valence-corrected chi connectivity index (χ0v) is 13.4. The van der Waals surface area contributed by atoms with Gasteiger partial charge in [0.25, 0.3) is 0 Å². The van der Waals surface area contributed by atoms with Gasteiger partial charge in [-0.25, -0.2) is 0 Å². The first-order valence-corrected chi connectivity index (χ1v) is 8.03. The fourth-order valence-corrected chi connectivity index (χ4v) is 3.38. The monoisotopic (exact) mass is 290 g/mol. The van der Waals surface area contributed by atoms with Crippen LogP contribution in [-0.4, -0.2) is 29.5 Å². The minimum atomic E-state index is 0.163. The number of nitrogens with two attached hydrogens (primary N) is 1. The second-order valence-corrected chi connectivity index (χ2v) is 6.69. The van der Waals surface area contributed by atoms with E-state index in [4.69, 9.17) is 18.0 Å². The molecule has 1 aliphatic rings. The van der Waals surface area contributed by atoms with Crippen LogP contribution in [0.2, 0.25) is 0 Å². The molecule has 0 spiro atoms. The lowest BCUT2D eigenvalue weighted by atomic mass is 9.86. The molecule has 0 aliphatic heterocycles. The largest absolute Gasteiger partial charge is 0.393 e. The van der Waals surface area contributed by atoms with Crippen molar-refractivity contribution in [3.05, 3.63) is 35.9 Å². The Bertz CT molecular complexity index is 424. The van der Waals surface area contributed by atoms with Crippen LogP contribution in [0.4, 0.5) is 0 Å². The molecular weight excluding hydrogens is 264 g/mol. The fraction of sp³-hybridized carbons (Fsp3) is 0.588. The lowest BCUT2D eigenvalue weighted by Gasteiger charge is -2.35. The summed E-state index contributed by atoms with van der Waals surface area (Å²) in [6, 6.07) is 11.1. The zero-order valence-electron chi connectivity index (χ0n) is 12.6. The van der Waals surface area contributed by atoms with Gasteiger partial charge >= 0.3 is 0 Å². The number of likely N-dealkylation sites (N-methyl/N-ethyl adjacent to an activating group) is 1. The van der Waals surface area contributed by atoms with Crippen molar-refractivity contribution in [3.63, 3.8) is 0 Å². The molecule has 0 radical (unpaired) electrons. The molecule has 1 atom stereocenters. The summed E-state index contributed by atoms with van der Waals surface area (Å²) in [7, 11) is 2.22. The first-order valence-electron chi connectivity index (χ1n) is 7.62. The Morgan fingerprint density at radius 2 is 1.85 bits per heavy atom. The van der Waals surface area contributed by atoms with E-state index in [2.05, 4.69) is 43.1 Å². The van der Waals surface area contributed by atoms with Crippen LogP contribution >= 0.6 is 12.2 Å². The second-order valence-electron chi connectivity index (χ2n) is 6.22. The van der Waals surface area contributed by atoms with E-state index in [1.165, 1.54) is 31.2 Å². The average molecular weight is 290 g/mol. The van der Waals surface area contributed by atoms with Crippen LogP contribution in [0, 0.1) is 5.92 Å². The van der Waals surface area contributed by atoms with E-state index in [0.717, 1.165) is 12.5 Å². The Hall–Kier alpha value is -0.930. The molecule has 1 saturated carbocycles. The third-order valence-electron chi connectivity index (χ3n) is 4.62. The van der Waals surface area contributed by atoms with E-state index in [-0.39, 0.29) is 5.92 Å². The second kappa shape index (κ2) is 7.19. The average Bonchev–Trinajstić information content (AvgIpc) is 2.46. The summed E-state index contributed by atoms with van der Waals surface area (Å²) in [5.41, 5.74) is 7.21. The smallest absolute Gasteiger partial charge is 0.0816 e. The highest BCUT2D eigenvalue weighted by Gasteiger charge is 2.25. The highest BCUT2D eigenvalue weighted by molar-refractivity contribution is 7.80. The maximum absolute atomic E-state index is 5.97. The lowest BCUT2D eigenvalue weighted by molar-refractivity contribution is 0.169. The molecule has 0 saturated heterocycles. The predicted molar refractivity (Wildman–Crippen MR) is 90.0 cm³/mol. The van der Waals surface area contributed by atoms with Crippen molar-refractivity contribution in [2.45, 2.75) is 44.6 Å². The molecular formula is C17H26N2S. The first kappa shape index (κ1) is 15.5. The highest BCUT2D eigenvalue weighted by Crippen LogP contribution is 2.28. The van der Waals surface area contributed by atoms with Gasteiger partial charge in [0.1, 0.15) is 0 Å². The van der Waals surface area contributed by atoms with Crippen LogP contribution in [0.3, 0.4) is 0 Å². The Morgan fingerprint density at radius 3 is 2.40 bits per heavy atom. The number of hydrogen-bond acceptors (Lipinski definition) is 2. The van der Waals surface area contributed by atoms with E-state index < -0.39 is 0 Å². The van der Waals surface area contributed by atoms with Crippen molar-refractivity contribution in [3.8, 4) is 0 Å². The fourth-order valence-electron chi connectivity index (χ4n) is 3.17. The maximum Gasteiger partial charge on any atom is 0.0816 e. The van der Waals surface area contributed by atoms with Crippen molar-refractivity contribution < 1.29 is 0 Å². The van der Waals surface area contributed by atoms with Gasteiger partial charge in [-0.2, -0.15) is 0 Å². The molecule has 2 rings (SSSR count). The van der Waals surface area contributed by atoms with Gasteiger partial charge in [0.05, 0.1) is 4.99 Å². The molecule has 1 aromatic carbocycles. The van der Waals surface area contributed by atoms with Crippen molar-refractivity contribution in [1.82, 2.24) is 4.90 Å². The maximum atomic E-state index is 5.97. The lowest BCUT2D eigenvalue weighted by Crippen LogP contribution is -2.40. The van der Waals surface area contributed by atoms with E-state index in [9.17, 15) is 0 Å². The number of thiocarbonyl (C=S) groups is 1. The molecule has 1 fully saturated rings. The summed E-state index contributed by atoms with van der Waals surface area (Å²) >= 11 is 5.29. The van der Waals surface area contributed by atoms with Crippen LogP contribution in [0.1, 0.15) is 44.1 Å². The third kappa shape index (κ3) is 4.03. The highest BCUT2D eigenvalue weighted by atomic mass is 32.1. The Labute approximate surface area is 128 Å². The summed E-state index contributed by atoms with van der Waals surface area (Å²) in [4.78, 5) is 3.06. The van der Waals surface area contributed by atoms with Crippen molar-refractivity contribution in [2.24, 2.45) is 11.7 Å². The number of rotatable bonds is 5. The summed E-state index contributed by atoms with van der Waals surface area (Å²) in [6.07, 6.45) is 5.29. The van der Waals surface area contributed by atoms with Crippen LogP contribution in [0.5, 0.6) is 0 Å². The molecule has 2 N–H and O–H groups in total. The summed E-state index contributed by atoms with van der Waals surface area (Å²) in [5, 5.41) is 0. The Kier molecular flexibility index (Phi) is 5.55. The van der Waals surface area contributed by atoms with Crippen molar-refractivity contribution in [2.75, 3.05) is 13.6 Å². The topological polar surface area (TPSA) is 29.3 Å².